The molecule has 0 aliphatic carbocycles. The summed E-state index contributed by atoms with van der Waals surface area (Å²) in [5.41, 5.74) is 2.40. The summed E-state index contributed by atoms with van der Waals surface area (Å²) in [6.07, 6.45) is 0. The van der Waals surface area contributed by atoms with Gasteiger partial charge in [-0.25, -0.2) is 9.97 Å². The van der Waals surface area contributed by atoms with Gasteiger partial charge >= 0.3 is 0 Å². The Labute approximate surface area is 133 Å². The third-order valence-electron chi connectivity index (χ3n) is 3.40. The van der Waals surface area contributed by atoms with Gasteiger partial charge in [0.25, 0.3) is 5.91 Å². The lowest BCUT2D eigenvalue weighted by atomic mass is 10.3. The van der Waals surface area contributed by atoms with Crippen molar-refractivity contribution in [1.82, 2.24) is 15.3 Å². The molecule has 6 nitrogen and oxygen atoms in total. The smallest absolute Gasteiger partial charge is 0.252 e. The van der Waals surface area contributed by atoms with Gasteiger partial charge in [-0.3, -0.25) is 4.79 Å². The van der Waals surface area contributed by atoms with Crippen molar-refractivity contribution in [1.29, 1.82) is 0 Å². The number of nitrogens with one attached hydrogen (secondary N) is 1. The van der Waals surface area contributed by atoms with Crippen molar-refractivity contribution in [2.45, 2.75) is 13.5 Å². The highest BCUT2D eigenvalue weighted by Crippen LogP contribution is 2.12. The zero-order chi connectivity index (χ0) is 15.4. The first-order valence-electron chi connectivity index (χ1n) is 7.20. The number of aryl methyl sites for hydroxylation is 1. The second-order valence-corrected chi connectivity index (χ2v) is 5.87. The molecule has 0 saturated carbocycles. The molecule has 2 aromatic rings. The molecule has 1 aliphatic heterocycles. The molecule has 0 aromatic carbocycles. The molecule has 1 amide bonds. The summed E-state index contributed by atoms with van der Waals surface area (Å²) < 4.78 is 5.35. The summed E-state index contributed by atoms with van der Waals surface area (Å²) in [5.74, 6) is 0.633. The Hall–Kier alpha value is -1.99. The number of hydrogen-bond acceptors (Lipinski definition) is 6. The minimum absolute atomic E-state index is 0.0783. The molecule has 1 saturated heterocycles. The Balaban J connectivity index is 1.68. The third kappa shape index (κ3) is 3.61. The van der Waals surface area contributed by atoms with Crippen LogP contribution in [-0.4, -0.2) is 42.2 Å². The van der Waals surface area contributed by atoms with Crippen molar-refractivity contribution < 1.29 is 9.53 Å². The molecule has 3 rings (SSSR count). The Bertz CT molecular complexity index is 639. The predicted octanol–water partition coefficient (Wildman–Crippen LogP) is 1.61. The molecule has 1 fully saturated rings. The second kappa shape index (κ2) is 6.85. The van der Waals surface area contributed by atoms with Crippen LogP contribution in [0, 0.1) is 6.92 Å². The summed E-state index contributed by atoms with van der Waals surface area (Å²) in [4.78, 5) is 23.1. The highest BCUT2D eigenvalue weighted by molar-refractivity contribution is 7.08. The first-order valence-corrected chi connectivity index (χ1v) is 8.14. The average molecular weight is 318 g/mol. The summed E-state index contributed by atoms with van der Waals surface area (Å²) >= 11 is 1.51. The van der Waals surface area contributed by atoms with Crippen LogP contribution in [0.4, 0.5) is 5.95 Å². The van der Waals surface area contributed by atoms with Crippen LogP contribution in [0.15, 0.2) is 22.9 Å². The molecule has 116 valence electrons. The van der Waals surface area contributed by atoms with Gasteiger partial charge in [-0.1, -0.05) is 0 Å². The number of nitrogens with zero attached hydrogens (tertiary/aromatic N) is 3. The number of carbonyl (C=O) groups is 1. The highest BCUT2D eigenvalue weighted by Gasteiger charge is 2.15. The summed E-state index contributed by atoms with van der Waals surface area (Å²) in [6.45, 7) is 5.32. The lowest BCUT2D eigenvalue weighted by Gasteiger charge is -2.27. The maximum atomic E-state index is 12.0. The van der Waals surface area contributed by atoms with E-state index >= 15 is 0 Å². The van der Waals surface area contributed by atoms with E-state index in [1.54, 1.807) is 0 Å². The predicted molar refractivity (Wildman–Crippen MR) is 85.3 cm³/mol. The molecule has 22 heavy (non-hydrogen) atoms. The molecule has 3 heterocycles. The van der Waals surface area contributed by atoms with E-state index in [0.29, 0.717) is 31.3 Å². The van der Waals surface area contributed by atoms with E-state index < -0.39 is 0 Å². The van der Waals surface area contributed by atoms with Crippen molar-refractivity contribution >= 4 is 23.2 Å². The van der Waals surface area contributed by atoms with Gasteiger partial charge in [0.1, 0.15) is 0 Å². The van der Waals surface area contributed by atoms with Gasteiger partial charge in [0.05, 0.1) is 25.5 Å². The molecule has 1 aliphatic rings. The number of rotatable bonds is 4. The number of carbonyl (C=O) groups excluding carboxylic acids is 1. The fourth-order valence-corrected chi connectivity index (χ4v) is 2.91. The van der Waals surface area contributed by atoms with E-state index in [1.165, 1.54) is 11.3 Å². The molecule has 1 N–H and O–H groups in total. The number of ether oxygens (including phenoxy) is 1. The van der Waals surface area contributed by atoms with Crippen LogP contribution in [0.3, 0.4) is 0 Å². The zero-order valence-electron chi connectivity index (χ0n) is 12.4. The molecule has 0 spiro atoms. The molecule has 2 aromatic heterocycles. The van der Waals surface area contributed by atoms with Gasteiger partial charge < -0.3 is 15.0 Å². The molecular weight excluding hydrogens is 300 g/mol. The van der Waals surface area contributed by atoms with E-state index in [9.17, 15) is 4.79 Å². The van der Waals surface area contributed by atoms with Gasteiger partial charge in [0.2, 0.25) is 5.95 Å². The van der Waals surface area contributed by atoms with Crippen molar-refractivity contribution in [3.05, 3.63) is 39.8 Å². The lowest BCUT2D eigenvalue weighted by molar-refractivity contribution is 0.0951. The molecule has 7 heteroatoms. The highest BCUT2D eigenvalue weighted by atomic mass is 32.1. The molecular formula is C15H18N4O2S. The maximum Gasteiger partial charge on any atom is 0.252 e. The standard InChI is InChI=1S/C15H18N4O2S/c1-11-8-13(9-16-14(20)12-2-7-22-10-12)18-15(17-11)19-3-5-21-6-4-19/h2,7-8,10H,3-6,9H2,1H3,(H,16,20). The van der Waals surface area contributed by atoms with Gasteiger partial charge in [-0.2, -0.15) is 11.3 Å². The minimum atomic E-state index is -0.0783. The lowest BCUT2D eigenvalue weighted by Crippen LogP contribution is -2.37. The molecule has 0 radical (unpaired) electrons. The van der Waals surface area contributed by atoms with Crippen molar-refractivity contribution in [3.8, 4) is 0 Å². The van der Waals surface area contributed by atoms with Crippen LogP contribution < -0.4 is 10.2 Å². The molecule has 0 atom stereocenters. The van der Waals surface area contributed by atoms with Crippen molar-refractivity contribution in [3.63, 3.8) is 0 Å². The van der Waals surface area contributed by atoms with Crippen LogP contribution in [0.2, 0.25) is 0 Å². The fourth-order valence-electron chi connectivity index (χ4n) is 2.28. The van der Waals surface area contributed by atoms with E-state index in [4.69, 9.17) is 4.74 Å². The first kappa shape index (κ1) is 14.9. The van der Waals surface area contributed by atoms with Gasteiger partial charge in [0, 0.05) is 29.7 Å². The largest absolute Gasteiger partial charge is 0.378 e. The number of amides is 1. The Kier molecular flexibility index (Phi) is 4.65. The normalized spacial score (nSPS) is 14.9. The van der Waals surface area contributed by atoms with Gasteiger partial charge in [-0.05, 0) is 24.4 Å². The topological polar surface area (TPSA) is 67.4 Å². The number of hydrogen-bond donors (Lipinski definition) is 1. The summed E-state index contributed by atoms with van der Waals surface area (Å²) in [5, 5.41) is 6.62. The summed E-state index contributed by atoms with van der Waals surface area (Å²) in [7, 11) is 0. The molecule has 0 bridgehead atoms. The zero-order valence-corrected chi connectivity index (χ0v) is 13.2. The monoisotopic (exact) mass is 318 g/mol. The van der Waals surface area contributed by atoms with Crippen molar-refractivity contribution in [2.24, 2.45) is 0 Å². The van der Waals surface area contributed by atoms with Gasteiger partial charge in [0.15, 0.2) is 0 Å². The Morgan fingerprint density at radius 3 is 2.95 bits per heavy atom. The SMILES string of the molecule is Cc1cc(CNC(=O)c2ccsc2)nc(N2CCOCC2)n1. The fraction of sp³-hybridized carbons (Fsp3) is 0.400. The van der Waals surface area contributed by atoms with Crippen LogP contribution >= 0.6 is 11.3 Å². The van der Waals surface area contributed by atoms with Crippen LogP contribution in [0.1, 0.15) is 21.7 Å². The average Bonchev–Trinajstić information content (AvgIpc) is 3.07. The Morgan fingerprint density at radius 1 is 1.41 bits per heavy atom. The Morgan fingerprint density at radius 2 is 2.23 bits per heavy atom. The van der Waals surface area contributed by atoms with Crippen LogP contribution in [-0.2, 0) is 11.3 Å². The minimum Gasteiger partial charge on any atom is -0.378 e. The maximum absolute atomic E-state index is 12.0. The van der Waals surface area contributed by atoms with E-state index in [2.05, 4.69) is 20.2 Å². The molecule has 0 unspecified atom stereocenters. The first-order chi connectivity index (χ1) is 10.7. The quantitative estimate of drug-likeness (QED) is 0.928. The second-order valence-electron chi connectivity index (χ2n) is 5.09. The third-order valence-corrected chi connectivity index (χ3v) is 4.09. The van der Waals surface area contributed by atoms with E-state index in [1.807, 2.05) is 29.8 Å². The van der Waals surface area contributed by atoms with Crippen molar-refractivity contribution in [2.75, 3.05) is 31.2 Å². The van der Waals surface area contributed by atoms with Crippen LogP contribution in [0.5, 0.6) is 0 Å². The number of thiophene rings is 1. The van der Waals surface area contributed by atoms with Crippen LogP contribution in [0.25, 0.3) is 0 Å². The number of anilines is 1. The summed E-state index contributed by atoms with van der Waals surface area (Å²) in [6, 6.07) is 3.71. The number of morpholine rings is 1. The van der Waals surface area contributed by atoms with E-state index in [-0.39, 0.29) is 5.91 Å². The van der Waals surface area contributed by atoms with E-state index in [0.717, 1.165) is 24.5 Å². The number of aromatic nitrogens is 2. The van der Waals surface area contributed by atoms with Gasteiger partial charge in [-0.15, -0.1) is 0 Å².